The van der Waals surface area contributed by atoms with Crippen molar-refractivity contribution in [2.24, 2.45) is 0 Å². The van der Waals surface area contributed by atoms with Gasteiger partial charge in [-0.15, -0.1) is 0 Å². The maximum atomic E-state index is 10.3. The molecular formula is C12H15NO3. The molecule has 0 aliphatic heterocycles. The van der Waals surface area contributed by atoms with Crippen LogP contribution in [0.5, 0.6) is 5.75 Å². The Labute approximate surface area is 94.8 Å². The van der Waals surface area contributed by atoms with Crippen molar-refractivity contribution in [1.82, 2.24) is 0 Å². The summed E-state index contributed by atoms with van der Waals surface area (Å²) in [6.45, 7) is 0.541. The van der Waals surface area contributed by atoms with Crippen LogP contribution in [0.3, 0.4) is 0 Å². The molecule has 4 nitrogen and oxygen atoms in total. The van der Waals surface area contributed by atoms with Gasteiger partial charge >= 0.3 is 5.97 Å². The summed E-state index contributed by atoms with van der Waals surface area (Å²) in [5, 5.41) is 8.45. The first-order chi connectivity index (χ1) is 7.63. The lowest BCUT2D eigenvalue weighted by molar-refractivity contribution is -0.131. The van der Waals surface area contributed by atoms with E-state index < -0.39 is 5.97 Å². The summed E-state index contributed by atoms with van der Waals surface area (Å²) in [7, 11) is 3.50. The Morgan fingerprint density at radius 2 is 2.31 bits per heavy atom. The Morgan fingerprint density at radius 3 is 2.94 bits per heavy atom. The highest BCUT2D eigenvalue weighted by Gasteiger charge is 2.00. The van der Waals surface area contributed by atoms with E-state index in [9.17, 15) is 4.79 Å². The summed E-state index contributed by atoms with van der Waals surface area (Å²) >= 11 is 0. The Hall–Kier alpha value is -1.97. The van der Waals surface area contributed by atoms with Crippen molar-refractivity contribution in [1.29, 1.82) is 0 Å². The fourth-order valence-electron chi connectivity index (χ4n) is 1.26. The highest BCUT2D eigenvalue weighted by Crippen LogP contribution is 2.19. The van der Waals surface area contributed by atoms with Gasteiger partial charge in [0, 0.05) is 31.4 Å². The lowest BCUT2D eigenvalue weighted by Crippen LogP contribution is -2.16. The van der Waals surface area contributed by atoms with Crippen molar-refractivity contribution in [3.05, 3.63) is 36.4 Å². The number of nitrogens with zero attached hydrogens (tertiary/aromatic N) is 1. The summed E-state index contributed by atoms with van der Waals surface area (Å²) in [6.07, 6.45) is 2.73. The molecule has 0 saturated carbocycles. The monoisotopic (exact) mass is 221 g/mol. The maximum absolute atomic E-state index is 10.3. The summed E-state index contributed by atoms with van der Waals surface area (Å²) < 4.78 is 5.11. The summed E-state index contributed by atoms with van der Waals surface area (Å²) in [6, 6.07) is 7.60. The van der Waals surface area contributed by atoms with Crippen LogP contribution in [-0.4, -0.2) is 31.8 Å². The van der Waals surface area contributed by atoms with Gasteiger partial charge in [0.15, 0.2) is 0 Å². The van der Waals surface area contributed by atoms with Crippen LogP contribution in [-0.2, 0) is 4.79 Å². The number of ether oxygens (including phenoxy) is 1. The average molecular weight is 221 g/mol. The number of carbonyl (C=O) groups is 1. The fraction of sp³-hybridized carbons (Fsp3) is 0.250. The third-order valence-corrected chi connectivity index (χ3v) is 2.13. The van der Waals surface area contributed by atoms with E-state index in [1.54, 1.807) is 13.2 Å². The molecule has 0 spiro atoms. The van der Waals surface area contributed by atoms with Gasteiger partial charge in [-0.05, 0) is 12.1 Å². The van der Waals surface area contributed by atoms with Crippen LogP contribution in [0.2, 0.25) is 0 Å². The number of hydrogen-bond acceptors (Lipinski definition) is 3. The van der Waals surface area contributed by atoms with E-state index in [2.05, 4.69) is 0 Å². The van der Waals surface area contributed by atoms with Gasteiger partial charge in [-0.2, -0.15) is 0 Å². The molecule has 1 N–H and O–H groups in total. The second-order valence-electron chi connectivity index (χ2n) is 3.32. The highest BCUT2D eigenvalue weighted by atomic mass is 16.5. The lowest BCUT2D eigenvalue weighted by Gasteiger charge is -2.17. The smallest absolute Gasteiger partial charge is 0.328 e. The number of rotatable bonds is 5. The van der Waals surface area contributed by atoms with Gasteiger partial charge in [-0.3, -0.25) is 0 Å². The zero-order valence-corrected chi connectivity index (χ0v) is 9.38. The van der Waals surface area contributed by atoms with Crippen LogP contribution >= 0.6 is 0 Å². The predicted molar refractivity (Wildman–Crippen MR) is 63.0 cm³/mol. The molecule has 0 amide bonds. The number of methoxy groups -OCH3 is 1. The SMILES string of the molecule is COc1cccc(N(C)CC=CC(=O)O)c1. The quantitative estimate of drug-likeness (QED) is 0.770. The number of benzene rings is 1. The van der Waals surface area contributed by atoms with Gasteiger partial charge in [-0.1, -0.05) is 12.1 Å². The second kappa shape index (κ2) is 5.80. The molecule has 0 radical (unpaired) electrons. The van der Waals surface area contributed by atoms with Crippen molar-refractivity contribution in [3.63, 3.8) is 0 Å². The normalized spacial score (nSPS) is 10.4. The molecule has 1 aromatic carbocycles. The van der Waals surface area contributed by atoms with Crippen molar-refractivity contribution < 1.29 is 14.6 Å². The van der Waals surface area contributed by atoms with Gasteiger partial charge in [0.1, 0.15) is 5.75 Å². The largest absolute Gasteiger partial charge is 0.497 e. The van der Waals surface area contributed by atoms with Gasteiger partial charge in [-0.25, -0.2) is 4.79 Å². The molecule has 0 saturated heterocycles. The Balaban J connectivity index is 2.65. The first-order valence-corrected chi connectivity index (χ1v) is 4.88. The third-order valence-electron chi connectivity index (χ3n) is 2.13. The number of anilines is 1. The zero-order chi connectivity index (χ0) is 12.0. The van der Waals surface area contributed by atoms with E-state index >= 15 is 0 Å². The van der Waals surface area contributed by atoms with E-state index in [-0.39, 0.29) is 0 Å². The van der Waals surface area contributed by atoms with Gasteiger partial charge in [0.25, 0.3) is 0 Å². The van der Waals surface area contributed by atoms with Crippen molar-refractivity contribution in [3.8, 4) is 5.75 Å². The molecule has 0 atom stereocenters. The Bertz CT molecular complexity index is 388. The van der Waals surface area contributed by atoms with Crippen LogP contribution in [0.25, 0.3) is 0 Å². The topological polar surface area (TPSA) is 49.8 Å². The van der Waals surface area contributed by atoms with Gasteiger partial charge < -0.3 is 14.7 Å². The summed E-state index contributed by atoms with van der Waals surface area (Å²) in [5.74, 6) is -0.148. The molecular weight excluding hydrogens is 206 g/mol. The van der Waals surface area contributed by atoms with Crippen LogP contribution in [0.4, 0.5) is 5.69 Å². The minimum Gasteiger partial charge on any atom is -0.497 e. The molecule has 0 heterocycles. The van der Waals surface area contributed by atoms with E-state index in [0.717, 1.165) is 17.5 Å². The molecule has 0 aliphatic carbocycles. The van der Waals surface area contributed by atoms with Gasteiger partial charge in [0.05, 0.1) is 7.11 Å². The van der Waals surface area contributed by atoms with E-state index in [0.29, 0.717) is 6.54 Å². The standard InChI is InChI=1S/C12H15NO3/c1-13(8-4-7-12(14)15)10-5-3-6-11(9-10)16-2/h3-7,9H,8H2,1-2H3,(H,14,15). The minimum atomic E-state index is -0.931. The second-order valence-corrected chi connectivity index (χ2v) is 3.32. The Morgan fingerprint density at radius 1 is 1.56 bits per heavy atom. The first-order valence-electron chi connectivity index (χ1n) is 4.88. The average Bonchev–Trinajstić information content (AvgIpc) is 2.28. The number of carboxylic acid groups (broad SMARTS) is 1. The van der Waals surface area contributed by atoms with Crippen LogP contribution in [0.1, 0.15) is 0 Å². The Kier molecular flexibility index (Phi) is 4.39. The number of carboxylic acids is 1. The molecule has 0 fully saturated rings. The third kappa shape index (κ3) is 3.65. The number of aliphatic carboxylic acids is 1. The van der Waals surface area contributed by atoms with Crippen LogP contribution in [0, 0.1) is 0 Å². The molecule has 1 rings (SSSR count). The van der Waals surface area contributed by atoms with Crippen molar-refractivity contribution >= 4 is 11.7 Å². The lowest BCUT2D eigenvalue weighted by atomic mass is 10.3. The molecule has 1 aromatic rings. The van der Waals surface area contributed by atoms with E-state index in [1.165, 1.54) is 0 Å². The zero-order valence-electron chi connectivity index (χ0n) is 9.38. The molecule has 0 aromatic heterocycles. The predicted octanol–water partition coefficient (Wildman–Crippen LogP) is 1.77. The maximum Gasteiger partial charge on any atom is 0.328 e. The molecule has 0 unspecified atom stereocenters. The van der Waals surface area contributed by atoms with Crippen LogP contribution in [0.15, 0.2) is 36.4 Å². The van der Waals surface area contributed by atoms with Gasteiger partial charge in [0.2, 0.25) is 0 Å². The fourth-order valence-corrected chi connectivity index (χ4v) is 1.26. The molecule has 0 bridgehead atoms. The van der Waals surface area contributed by atoms with Crippen LogP contribution < -0.4 is 9.64 Å². The molecule has 86 valence electrons. The minimum absolute atomic E-state index is 0.541. The first kappa shape index (κ1) is 12.1. The van der Waals surface area contributed by atoms with E-state index in [4.69, 9.17) is 9.84 Å². The molecule has 0 aliphatic rings. The van der Waals surface area contributed by atoms with Crippen molar-refractivity contribution in [2.75, 3.05) is 25.6 Å². The highest BCUT2D eigenvalue weighted by molar-refractivity contribution is 5.79. The summed E-state index contributed by atoms with van der Waals surface area (Å²) in [4.78, 5) is 12.2. The number of likely N-dealkylation sites (N-methyl/N-ethyl adjacent to an activating group) is 1. The van der Waals surface area contributed by atoms with E-state index in [1.807, 2.05) is 36.2 Å². The van der Waals surface area contributed by atoms with Crippen molar-refractivity contribution in [2.45, 2.75) is 0 Å². The molecule has 4 heteroatoms. The number of hydrogen-bond donors (Lipinski definition) is 1. The molecule has 16 heavy (non-hydrogen) atoms. The summed E-state index contributed by atoms with van der Waals surface area (Å²) in [5.41, 5.74) is 0.981.